The van der Waals surface area contributed by atoms with Crippen molar-refractivity contribution in [2.75, 3.05) is 27.2 Å². The summed E-state index contributed by atoms with van der Waals surface area (Å²) in [5.74, 6) is 0. The predicted molar refractivity (Wildman–Crippen MR) is 107 cm³/mol. The van der Waals surface area contributed by atoms with E-state index >= 15 is 0 Å². The van der Waals surface area contributed by atoms with Crippen LogP contribution in [0.2, 0.25) is 0 Å². The Morgan fingerprint density at radius 3 is 1.38 bits per heavy atom. The van der Waals surface area contributed by atoms with Crippen molar-refractivity contribution in [2.24, 2.45) is 0 Å². The lowest BCUT2D eigenvalue weighted by molar-refractivity contribution is -0.890. The van der Waals surface area contributed by atoms with Crippen molar-refractivity contribution in [3.63, 3.8) is 0 Å². The second-order valence-corrected chi connectivity index (χ2v) is 8.24. The fourth-order valence-corrected chi connectivity index (χ4v) is 3.43. The first kappa shape index (κ1) is 23.4. The van der Waals surface area contributed by atoms with Gasteiger partial charge in [0.2, 0.25) is 0 Å². The first-order chi connectivity index (χ1) is 11.6. The molecule has 0 spiro atoms. The van der Waals surface area contributed by atoms with Crippen molar-refractivity contribution < 1.29 is 4.48 Å². The summed E-state index contributed by atoms with van der Waals surface area (Å²) in [6.45, 7) is 4.70. The monoisotopic (exact) mass is 337 g/mol. The zero-order chi connectivity index (χ0) is 17.9. The van der Waals surface area contributed by atoms with E-state index in [9.17, 15) is 0 Å². The third-order valence-corrected chi connectivity index (χ3v) is 5.17. The van der Waals surface area contributed by atoms with E-state index < -0.39 is 0 Å². The standard InChI is InChI=1S/C22H45N2/c1-4-5-6-7-8-9-10-11-12-13-14-15-16-18-21-24(2,3)22-19-17-20-23/h4-19,21-22H2,1-3H3/q+1. The molecule has 0 fully saturated rings. The maximum Gasteiger partial charge on any atom is 0.0792 e. The largest absolute Gasteiger partial charge is 0.328 e. The van der Waals surface area contributed by atoms with Gasteiger partial charge in [-0.2, -0.15) is 5.26 Å². The topological polar surface area (TPSA) is 23.8 Å². The molecule has 0 radical (unpaired) electrons. The predicted octanol–water partition coefficient (Wildman–Crippen LogP) is 6.85. The summed E-state index contributed by atoms with van der Waals surface area (Å²) >= 11 is 0. The van der Waals surface area contributed by atoms with Crippen LogP contribution in [0.15, 0.2) is 0 Å². The van der Waals surface area contributed by atoms with Gasteiger partial charge in [-0.25, -0.2) is 0 Å². The van der Waals surface area contributed by atoms with Gasteiger partial charge < -0.3 is 4.48 Å². The number of unbranched alkanes of at least 4 members (excludes halogenated alkanes) is 14. The molecule has 0 aliphatic rings. The van der Waals surface area contributed by atoms with Crippen LogP contribution < -0.4 is 0 Å². The summed E-state index contributed by atoms with van der Waals surface area (Å²) in [4.78, 5) is 0. The van der Waals surface area contributed by atoms with Gasteiger partial charge in [-0.1, -0.05) is 84.0 Å². The van der Waals surface area contributed by atoms with Gasteiger partial charge in [0, 0.05) is 12.8 Å². The van der Waals surface area contributed by atoms with Crippen LogP contribution in [0, 0.1) is 11.3 Å². The van der Waals surface area contributed by atoms with Crippen molar-refractivity contribution in [2.45, 2.75) is 110 Å². The summed E-state index contributed by atoms with van der Waals surface area (Å²) in [5.41, 5.74) is 0. The molecule has 0 aromatic rings. The maximum absolute atomic E-state index is 8.61. The van der Waals surface area contributed by atoms with E-state index in [-0.39, 0.29) is 0 Å². The van der Waals surface area contributed by atoms with E-state index in [2.05, 4.69) is 27.1 Å². The molecule has 0 atom stereocenters. The highest BCUT2D eigenvalue weighted by molar-refractivity contribution is 4.67. The molecular formula is C22H45N2+. The minimum atomic E-state index is 0.709. The minimum Gasteiger partial charge on any atom is -0.328 e. The Bertz CT molecular complexity index is 291. The van der Waals surface area contributed by atoms with Gasteiger partial charge in [0.25, 0.3) is 0 Å². The number of nitrogens with zero attached hydrogens (tertiary/aromatic N) is 2. The highest BCUT2D eigenvalue weighted by Gasteiger charge is 2.13. The number of rotatable bonds is 18. The van der Waals surface area contributed by atoms with E-state index in [1.807, 2.05) is 0 Å². The smallest absolute Gasteiger partial charge is 0.0792 e. The summed E-state index contributed by atoms with van der Waals surface area (Å²) in [6, 6.07) is 2.25. The zero-order valence-electron chi connectivity index (χ0n) is 17.1. The van der Waals surface area contributed by atoms with Crippen LogP contribution in [0.4, 0.5) is 0 Å². The summed E-state index contributed by atoms with van der Waals surface area (Å²) < 4.78 is 1.08. The number of quaternary nitrogens is 1. The van der Waals surface area contributed by atoms with E-state index in [1.54, 1.807) is 0 Å². The van der Waals surface area contributed by atoms with Crippen molar-refractivity contribution in [1.29, 1.82) is 5.26 Å². The van der Waals surface area contributed by atoms with Crippen LogP contribution in [0.1, 0.15) is 110 Å². The van der Waals surface area contributed by atoms with Gasteiger partial charge in [0.05, 0.1) is 33.3 Å². The summed E-state index contributed by atoms with van der Waals surface area (Å²) in [6.07, 6.45) is 21.7. The molecule has 0 saturated carbocycles. The number of hydrogen-bond donors (Lipinski definition) is 0. The Morgan fingerprint density at radius 1 is 0.583 bits per heavy atom. The third kappa shape index (κ3) is 17.8. The molecule has 0 bridgehead atoms. The SMILES string of the molecule is CCCCCCCCCCCCCCCC[N+](C)(C)CCCC#N. The van der Waals surface area contributed by atoms with Gasteiger partial charge in [-0.05, 0) is 12.8 Å². The highest BCUT2D eigenvalue weighted by atomic mass is 15.3. The highest BCUT2D eigenvalue weighted by Crippen LogP contribution is 2.13. The first-order valence-corrected chi connectivity index (χ1v) is 10.8. The van der Waals surface area contributed by atoms with Crippen molar-refractivity contribution in [3.05, 3.63) is 0 Å². The molecule has 0 N–H and O–H groups in total. The quantitative estimate of drug-likeness (QED) is 0.198. The third-order valence-electron chi connectivity index (χ3n) is 5.17. The normalized spacial score (nSPS) is 11.6. The summed E-state index contributed by atoms with van der Waals surface area (Å²) in [7, 11) is 4.61. The van der Waals surface area contributed by atoms with Crippen molar-refractivity contribution in [1.82, 2.24) is 0 Å². The molecule has 0 aliphatic heterocycles. The molecule has 0 aliphatic carbocycles. The molecule has 0 rings (SSSR count). The zero-order valence-corrected chi connectivity index (χ0v) is 17.1. The average Bonchev–Trinajstić information content (AvgIpc) is 2.55. The first-order valence-electron chi connectivity index (χ1n) is 10.8. The summed E-state index contributed by atoms with van der Waals surface area (Å²) in [5, 5.41) is 8.61. The molecule has 0 saturated heterocycles. The molecule has 0 aromatic carbocycles. The average molecular weight is 338 g/mol. The Morgan fingerprint density at radius 2 is 0.958 bits per heavy atom. The Balaban J connectivity index is 3.21. The van der Waals surface area contributed by atoms with Crippen LogP contribution in [0.5, 0.6) is 0 Å². The van der Waals surface area contributed by atoms with Gasteiger partial charge in [0.15, 0.2) is 0 Å². The van der Waals surface area contributed by atoms with E-state index in [0.29, 0.717) is 6.42 Å². The Labute approximate surface area is 153 Å². The van der Waals surface area contributed by atoms with E-state index in [4.69, 9.17) is 5.26 Å². The molecule has 2 nitrogen and oxygen atoms in total. The Kier molecular flexibility index (Phi) is 16.9. The van der Waals surface area contributed by atoms with Crippen molar-refractivity contribution in [3.8, 4) is 6.07 Å². The minimum absolute atomic E-state index is 0.709. The fraction of sp³-hybridized carbons (Fsp3) is 0.955. The van der Waals surface area contributed by atoms with Gasteiger partial charge >= 0.3 is 0 Å². The maximum atomic E-state index is 8.61. The molecule has 2 heteroatoms. The van der Waals surface area contributed by atoms with Crippen LogP contribution in [0.3, 0.4) is 0 Å². The molecule has 0 amide bonds. The molecule has 24 heavy (non-hydrogen) atoms. The van der Waals surface area contributed by atoms with E-state index in [1.165, 1.54) is 96.4 Å². The van der Waals surface area contributed by atoms with Gasteiger partial charge in [0.1, 0.15) is 0 Å². The Hall–Kier alpha value is -0.550. The molecule has 0 heterocycles. The molecule has 142 valence electrons. The van der Waals surface area contributed by atoms with Crippen LogP contribution in [-0.2, 0) is 0 Å². The lowest BCUT2D eigenvalue weighted by atomic mass is 10.0. The lowest BCUT2D eigenvalue weighted by Gasteiger charge is -2.29. The molecular weight excluding hydrogens is 292 g/mol. The van der Waals surface area contributed by atoms with E-state index in [0.717, 1.165) is 17.4 Å². The van der Waals surface area contributed by atoms with Gasteiger partial charge in [-0.15, -0.1) is 0 Å². The molecule has 0 unspecified atom stereocenters. The van der Waals surface area contributed by atoms with Crippen LogP contribution in [-0.4, -0.2) is 31.7 Å². The van der Waals surface area contributed by atoms with Gasteiger partial charge in [-0.3, -0.25) is 0 Å². The number of nitriles is 1. The van der Waals surface area contributed by atoms with Crippen LogP contribution >= 0.6 is 0 Å². The fourth-order valence-electron chi connectivity index (χ4n) is 3.43. The second-order valence-electron chi connectivity index (χ2n) is 8.24. The van der Waals surface area contributed by atoms with Crippen LogP contribution in [0.25, 0.3) is 0 Å². The second kappa shape index (κ2) is 17.3. The van der Waals surface area contributed by atoms with Crippen molar-refractivity contribution >= 4 is 0 Å². The number of hydrogen-bond acceptors (Lipinski definition) is 1. The molecule has 0 aromatic heterocycles. The lowest BCUT2D eigenvalue weighted by Crippen LogP contribution is -2.41.